The number of alkyl halides is 1. The predicted octanol–water partition coefficient (Wildman–Crippen LogP) is 1.03. The molecule has 0 spiro atoms. The lowest BCUT2D eigenvalue weighted by Crippen LogP contribution is -2.53. The zero-order valence-electron chi connectivity index (χ0n) is 9.99. The Hall–Kier alpha value is -0.260. The van der Waals surface area contributed by atoms with Crippen molar-refractivity contribution in [2.24, 2.45) is 5.73 Å². The second kappa shape index (κ2) is 7.14. The van der Waals surface area contributed by atoms with Crippen molar-refractivity contribution in [1.29, 1.82) is 0 Å². The molecular formula is C11H22FN3S. The Bertz CT molecular complexity index is 217. The van der Waals surface area contributed by atoms with Crippen molar-refractivity contribution < 1.29 is 4.39 Å². The molecular weight excluding hydrogens is 225 g/mol. The van der Waals surface area contributed by atoms with Gasteiger partial charge in [-0.2, -0.15) is 0 Å². The Morgan fingerprint density at radius 1 is 1.38 bits per heavy atom. The van der Waals surface area contributed by atoms with Crippen molar-refractivity contribution in [3.8, 4) is 0 Å². The minimum Gasteiger partial charge on any atom is -0.392 e. The zero-order chi connectivity index (χ0) is 12.0. The third-order valence-electron chi connectivity index (χ3n) is 3.14. The number of halogens is 1. The molecule has 3 nitrogen and oxygen atoms in total. The quantitative estimate of drug-likeness (QED) is 0.711. The molecule has 0 aromatic carbocycles. The van der Waals surface area contributed by atoms with Gasteiger partial charge in [-0.3, -0.25) is 9.80 Å². The average Bonchev–Trinajstić information content (AvgIpc) is 2.27. The number of rotatable bonds is 6. The summed E-state index contributed by atoms with van der Waals surface area (Å²) in [4.78, 5) is 5.08. The molecule has 0 aromatic rings. The summed E-state index contributed by atoms with van der Waals surface area (Å²) >= 11 is 5.11. The van der Waals surface area contributed by atoms with Crippen LogP contribution in [0.2, 0.25) is 0 Å². The van der Waals surface area contributed by atoms with Crippen LogP contribution in [0.1, 0.15) is 19.8 Å². The van der Waals surface area contributed by atoms with Crippen LogP contribution < -0.4 is 5.73 Å². The van der Waals surface area contributed by atoms with Crippen LogP contribution in [0.5, 0.6) is 0 Å². The van der Waals surface area contributed by atoms with Gasteiger partial charge in [-0.25, -0.2) is 4.39 Å². The van der Waals surface area contributed by atoms with Crippen LogP contribution in [-0.4, -0.2) is 60.2 Å². The maximum absolute atomic E-state index is 12.2. The van der Waals surface area contributed by atoms with Crippen LogP contribution in [0, 0.1) is 0 Å². The van der Waals surface area contributed by atoms with E-state index < -0.39 is 0 Å². The van der Waals surface area contributed by atoms with Gasteiger partial charge in [0.25, 0.3) is 0 Å². The highest BCUT2D eigenvalue weighted by molar-refractivity contribution is 7.80. The third kappa shape index (κ3) is 3.96. The SMILES string of the molecule is CCCC(C(N)=S)N1CCN(CCF)CC1. The van der Waals surface area contributed by atoms with Gasteiger partial charge in [0.2, 0.25) is 0 Å². The molecule has 0 amide bonds. The van der Waals surface area contributed by atoms with E-state index >= 15 is 0 Å². The van der Waals surface area contributed by atoms with Crippen molar-refractivity contribution in [2.75, 3.05) is 39.4 Å². The molecule has 1 heterocycles. The van der Waals surface area contributed by atoms with Crippen LogP contribution in [0.3, 0.4) is 0 Å². The van der Waals surface area contributed by atoms with E-state index in [-0.39, 0.29) is 12.7 Å². The average molecular weight is 247 g/mol. The fraction of sp³-hybridized carbons (Fsp3) is 0.909. The maximum Gasteiger partial charge on any atom is 0.102 e. The first-order chi connectivity index (χ1) is 7.69. The van der Waals surface area contributed by atoms with Gasteiger partial charge in [0.05, 0.1) is 11.0 Å². The molecule has 0 bridgehead atoms. The number of nitrogens with zero attached hydrogens (tertiary/aromatic N) is 2. The van der Waals surface area contributed by atoms with Gasteiger partial charge >= 0.3 is 0 Å². The highest BCUT2D eigenvalue weighted by Gasteiger charge is 2.24. The van der Waals surface area contributed by atoms with Crippen molar-refractivity contribution >= 4 is 17.2 Å². The Morgan fingerprint density at radius 2 is 2.00 bits per heavy atom. The van der Waals surface area contributed by atoms with Gasteiger partial charge in [0, 0.05) is 32.7 Å². The van der Waals surface area contributed by atoms with E-state index in [1.54, 1.807) is 0 Å². The molecule has 1 saturated heterocycles. The summed E-state index contributed by atoms with van der Waals surface area (Å²) in [5, 5.41) is 0. The lowest BCUT2D eigenvalue weighted by molar-refractivity contribution is 0.110. The monoisotopic (exact) mass is 247 g/mol. The summed E-state index contributed by atoms with van der Waals surface area (Å²) in [7, 11) is 0. The van der Waals surface area contributed by atoms with Gasteiger partial charge in [0.1, 0.15) is 6.67 Å². The molecule has 1 atom stereocenters. The van der Waals surface area contributed by atoms with Gasteiger partial charge in [-0.05, 0) is 6.42 Å². The van der Waals surface area contributed by atoms with E-state index in [4.69, 9.17) is 18.0 Å². The van der Waals surface area contributed by atoms with Gasteiger partial charge in [-0.1, -0.05) is 25.6 Å². The molecule has 1 rings (SSSR count). The first kappa shape index (κ1) is 13.8. The van der Waals surface area contributed by atoms with Gasteiger partial charge in [0.15, 0.2) is 0 Å². The molecule has 1 unspecified atom stereocenters. The van der Waals surface area contributed by atoms with Crippen LogP contribution >= 0.6 is 12.2 Å². The second-order valence-corrected chi connectivity index (χ2v) is 4.74. The summed E-state index contributed by atoms with van der Waals surface area (Å²) in [6.45, 7) is 6.18. The lowest BCUT2D eigenvalue weighted by atomic mass is 10.1. The number of hydrogen-bond acceptors (Lipinski definition) is 3. The van der Waals surface area contributed by atoms with Crippen molar-refractivity contribution in [3.05, 3.63) is 0 Å². The Kier molecular flexibility index (Phi) is 6.16. The van der Waals surface area contributed by atoms with E-state index in [2.05, 4.69) is 16.7 Å². The number of thiocarbonyl (C=S) groups is 1. The zero-order valence-corrected chi connectivity index (χ0v) is 10.8. The molecule has 94 valence electrons. The minimum atomic E-state index is -0.256. The summed E-state index contributed by atoms with van der Waals surface area (Å²) in [6, 6.07) is 0.229. The normalized spacial score (nSPS) is 20.9. The standard InChI is InChI=1S/C11H22FN3S/c1-2-3-10(11(13)16)15-8-6-14(5-4-12)7-9-15/h10H,2-9H2,1H3,(H2,13,16). The largest absolute Gasteiger partial charge is 0.392 e. The molecule has 0 aliphatic carbocycles. The highest BCUT2D eigenvalue weighted by Crippen LogP contribution is 2.11. The molecule has 0 aromatic heterocycles. The van der Waals surface area contributed by atoms with E-state index in [9.17, 15) is 4.39 Å². The second-order valence-electron chi connectivity index (χ2n) is 4.27. The fourth-order valence-corrected chi connectivity index (χ4v) is 2.46. The van der Waals surface area contributed by atoms with Gasteiger partial charge < -0.3 is 5.73 Å². The minimum absolute atomic E-state index is 0.229. The molecule has 2 N–H and O–H groups in total. The molecule has 1 aliphatic rings. The van der Waals surface area contributed by atoms with Gasteiger partial charge in [-0.15, -0.1) is 0 Å². The van der Waals surface area contributed by atoms with Crippen molar-refractivity contribution in [1.82, 2.24) is 9.80 Å². The molecule has 0 radical (unpaired) electrons. The van der Waals surface area contributed by atoms with Crippen molar-refractivity contribution in [3.63, 3.8) is 0 Å². The molecule has 1 aliphatic heterocycles. The predicted molar refractivity (Wildman–Crippen MR) is 69.5 cm³/mol. The molecule has 0 saturated carbocycles. The van der Waals surface area contributed by atoms with E-state index in [0.29, 0.717) is 11.5 Å². The fourth-order valence-electron chi connectivity index (χ4n) is 2.20. The topological polar surface area (TPSA) is 32.5 Å². The first-order valence-electron chi connectivity index (χ1n) is 6.00. The Labute approximate surface area is 103 Å². The van der Waals surface area contributed by atoms with Crippen LogP contribution in [0.15, 0.2) is 0 Å². The van der Waals surface area contributed by atoms with Crippen LogP contribution in [-0.2, 0) is 0 Å². The van der Waals surface area contributed by atoms with Crippen LogP contribution in [0.4, 0.5) is 4.39 Å². The van der Waals surface area contributed by atoms with E-state index in [1.165, 1.54) is 0 Å². The summed E-state index contributed by atoms with van der Waals surface area (Å²) in [5.74, 6) is 0. The van der Waals surface area contributed by atoms with Crippen molar-refractivity contribution in [2.45, 2.75) is 25.8 Å². The Balaban J connectivity index is 2.41. The van der Waals surface area contributed by atoms with E-state index in [1.807, 2.05) is 0 Å². The summed E-state index contributed by atoms with van der Waals surface area (Å²) in [5.41, 5.74) is 5.76. The number of hydrogen-bond donors (Lipinski definition) is 1. The maximum atomic E-state index is 12.2. The third-order valence-corrected chi connectivity index (χ3v) is 3.41. The molecule has 5 heteroatoms. The number of piperazine rings is 1. The van der Waals surface area contributed by atoms with Crippen LogP contribution in [0.25, 0.3) is 0 Å². The highest BCUT2D eigenvalue weighted by atomic mass is 32.1. The Morgan fingerprint density at radius 3 is 2.44 bits per heavy atom. The first-order valence-corrected chi connectivity index (χ1v) is 6.41. The summed E-state index contributed by atoms with van der Waals surface area (Å²) < 4.78 is 12.2. The summed E-state index contributed by atoms with van der Waals surface area (Å²) in [6.07, 6.45) is 2.12. The molecule has 16 heavy (non-hydrogen) atoms. The smallest absolute Gasteiger partial charge is 0.102 e. The van der Waals surface area contributed by atoms with E-state index in [0.717, 1.165) is 39.0 Å². The lowest BCUT2D eigenvalue weighted by Gasteiger charge is -2.38. The molecule has 1 fully saturated rings. The number of nitrogens with two attached hydrogens (primary N) is 1.